The Labute approximate surface area is 647 Å². The van der Waals surface area contributed by atoms with Gasteiger partial charge in [-0.1, -0.05) is 69.2 Å². The van der Waals surface area contributed by atoms with E-state index in [1.807, 2.05) is 27.7 Å². The second kappa shape index (κ2) is 55.0. The Kier molecular flexibility index (Phi) is 50.3. The van der Waals surface area contributed by atoms with E-state index in [4.69, 9.17) is 68.8 Å². The predicted molar refractivity (Wildman–Crippen MR) is 423 cm³/mol. The summed E-state index contributed by atoms with van der Waals surface area (Å²) in [4.78, 5) is 186. The number of primary amides is 1. The molecule has 0 aliphatic heterocycles. The average molecular weight is 1570 g/mol. The SMILES string of the molecule is CC(C)C[C@H](NC(=O)[C@H](CCCN=C(N)N)NC(=O)[C@H](CC(C)C)NC(=O)[C@H](CCCN=C(N)N)NC(=O)[C@@H](NC(=O)[C@H](CCCCN)NC(=O)[C@H](CC(C)C)NC(=O)[C@H](CCCN=C(N)N)NC(=O)[C@H](CC(C)C)NC(=O)[C@H](CCCN=C(N)N)NC(=O)[C@@H](N)CC(C)C)[C@@H](C)O)C(=O)N[C@@H](CCCCN)C(N)=O. The fraction of sp³-hybridized carbons (Fsp3) is 0.771. The number of aliphatic hydroxyl groups excluding tert-OH is 1. The molecule has 0 spiro atoms. The van der Waals surface area contributed by atoms with Crippen molar-refractivity contribution in [3.05, 3.63) is 0 Å². The van der Waals surface area contributed by atoms with Gasteiger partial charge in [0, 0.05) is 26.2 Å². The van der Waals surface area contributed by atoms with Crippen molar-refractivity contribution in [3.63, 3.8) is 0 Å². The summed E-state index contributed by atoms with van der Waals surface area (Å²) in [5.74, 6) is -11.8. The Morgan fingerprint density at radius 3 is 0.718 bits per heavy atom. The average Bonchev–Trinajstić information content (AvgIpc) is 0.855. The standard InChI is InChI=1S/C70H137N27O13/c1-37(2)32-43(73)56(100)88-46(22-16-28-83-67(75)76)57(101)94-52(35-40(7)8)64(108)91-48(24-18-30-85-69(79)80)59(103)95-51(34-39(5)6)63(107)89-45(21-13-15-27-72)61(105)97-54(42(11)98)66(110)92-49(25-19-31-86-70(81)82)60(104)96-53(36-41(9)10)65(109)90-47(23-17-29-84-68(77)78)58(102)93-50(33-38(3)4)62(106)87-44(55(74)99)20-12-14-26-71/h37-54,98H,12-36,71-73H2,1-11H3,(H2,74,99)(H,87,106)(H,88,100)(H,89,107)(H,90,109)(H,91,108)(H,92,110)(H,93,102)(H,94,101)(H,95,103)(H,96,104)(H,97,105)(H4,75,76,83)(H4,77,78,84)(H4,79,80,85)(H4,81,82,86)/t42-,43+,44+,45+,46+,47+,48+,49+,50+,51+,52+,53+,54+/m1/s1. The van der Waals surface area contributed by atoms with Gasteiger partial charge in [0.2, 0.25) is 70.9 Å². The van der Waals surface area contributed by atoms with Crippen molar-refractivity contribution < 1.29 is 62.6 Å². The molecular weight excluding hydrogens is 1430 g/mol. The van der Waals surface area contributed by atoms with Gasteiger partial charge in [-0.25, -0.2) is 0 Å². The van der Waals surface area contributed by atoms with Crippen LogP contribution in [-0.2, 0) is 57.5 Å². The molecule has 0 saturated carbocycles. The highest BCUT2D eigenvalue weighted by molar-refractivity contribution is 6.00. The monoisotopic (exact) mass is 1560 g/mol. The fourth-order valence-electron chi connectivity index (χ4n) is 11.4. The number of rotatable bonds is 58. The highest BCUT2D eigenvalue weighted by atomic mass is 16.3. The maximum Gasteiger partial charge on any atom is 0.245 e. The molecule has 0 aliphatic carbocycles. The molecule has 0 aliphatic rings. The van der Waals surface area contributed by atoms with E-state index in [2.05, 4.69) is 78.5 Å². The van der Waals surface area contributed by atoms with Crippen LogP contribution in [0.4, 0.5) is 0 Å². The number of unbranched alkanes of at least 4 members (excludes halogenated alkanes) is 2. The van der Waals surface area contributed by atoms with Crippen LogP contribution in [0.25, 0.3) is 0 Å². The highest BCUT2D eigenvalue weighted by Crippen LogP contribution is 2.16. The molecule has 40 heteroatoms. The largest absolute Gasteiger partial charge is 0.391 e. The summed E-state index contributed by atoms with van der Waals surface area (Å²) in [5, 5.41) is 40.7. The minimum atomic E-state index is -1.83. The molecule has 0 rings (SSSR count). The normalized spacial score (nSPS) is 14.8. The van der Waals surface area contributed by atoms with Gasteiger partial charge in [0.05, 0.1) is 12.1 Å². The third-order valence-corrected chi connectivity index (χ3v) is 17.0. The van der Waals surface area contributed by atoms with Crippen molar-refractivity contribution in [1.29, 1.82) is 0 Å². The molecule has 0 aromatic carbocycles. The lowest BCUT2D eigenvalue weighted by molar-refractivity contribution is -0.137. The van der Waals surface area contributed by atoms with Crippen molar-refractivity contribution in [1.82, 2.24) is 58.5 Å². The minimum absolute atomic E-state index is 0.0144. The van der Waals surface area contributed by atoms with Gasteiger partial charge < -0.3 is 132 Å². The van der Waals surface area contributed by atoms with E-state index in [0.717, 1.165) is 0 Å². The van der Waals surface area contributed by atoms with Gasteiger partial charge in [-0.05, 0) is 172 Å². The number of carbonyl (C=O) groups is 12. The van der Waals surface area contributed by atoms with Crippen molar-refractivity contribution in [2.75, 3.05) is 39.3 Å². The molecule has 0 unspecified atom stereocenters. The summed E-state index contributed by atoms with van der Waals surface area (Å²) in [7, 11) is 0. The lowest BCUT2D eigenvalue weighted by Gasteiger charge is -2.30. The predicted octanol–water partition coefficient (Wildman–Crippen LogP) is -5.78. The van der Waals surface area contributed by atoms with Crippen LogP contribution >= 0.6 is 0 Å². The molecule has 0 aromatic rings. The van der Waals surface area contributed by atoms with Crippen LogP contribution in [0.1, 0.15) is 198 Å². The Morgan fingerprint density at radius 2 is 0.482 bits per heavy atom. The van der Waals surface area contributed by atoms with Crippen LogP contribution in [0, 0.1) is 29.6 Å². The second-order valence-electron chi connectivity index (χ2n) is 29.9. The van der Waals surface area contributed by atoms with Crippen molar-refractivity contribution in [2.24, 2.45) is 118 Å². The molecule has 0 bridgehead atoms. The van der Waals surface area contributed by atoms with Crippen LogP contribution in [0.5, 0.6) is 0 Å². The van der Waals surface area contributed by atoms with Crippen molar-refractivity contribution in [3.8, 4) is 0 Å². The number of aliphatic hydroxyl groups is 1. The van der Waals surface area contributed by atoms with E-state index >= 15 is 0 Å². The van der Waals surface area contributed by atoms with Crippen molar-refractivity contribution >= 4 is 94.7 Å². The lowest BCUT2D eigenvalue weighted by atomic mass is 9.99. The topological polar surface area (TPSA) is 719 Å². The van der Waals surface area contributed by atoms with Crippen LogP contribution in [0.3, 0.4) is 0 Å². The molecule has 110 heavy (non-hydrogen) atoms. The zero-order valence-corrected chi connectivity index (χ0v) is 66.6. The maximum atomic E-state index is 14.7. The van der Waals surface area contributed by atoms with E-state index in [-0.39, 0.29) is 182 Å². The van der Waals surface area contributed by atoms with Gasteiger partial charge in [-0.3, -0.25) is 77.5 Å². The number of aliphatic imine (C=N–C) groups is 4. The molecule has 0 saturated heterocycles. The summed E-state index contributed by atoms with van der Waals surface area (Å²) in [6.07, 6.45) is 0.722. The van der Waals surface area contributed by atoms with E-state index < -0.39 is 149 Å². The third-order valence-electron chi connectivity index (χ3n) is 17.0. The van der Waals surface area contributed by atoms with Gasteiger partial charge in [0.15, 0.2) is 23.8 Å². The Bertz CT molecular complexity index is 2990. The lowest BCUT2D eigenvalue weighted by Crippen LogP contribution is -2.62. The van der Waals surface area contributed by atoms with E-state index in [0.29, 0.717) is 32.2 Å². The van der Waals surface area contributed by atoms with Gasteiger partial charge in [0.1, 0.15) is 66.5 Å². The molecule has 0 aromatic heterocycles. The zero-order valence-electron chi connectivity index (χ0n) is 66.6. The molecule has 36 N–H and O–H groups in total. The van der Waals surface area contributed by atoms with Gasteiger partial charge >= 0.3 is 0 Å². The highest BCUT2D eigenvalue weighted by Gasteiger charge is 2.38. The zero-order chi connectivity index (χ0) is 83.9. The van der Waals surface area contributed by atoms with Gasteiger partial charge in [-0.2, -0.15) is 0 Å². The first kappa shape index (κ1) is 101. The molecule has 0 radical (unpaired) electrons. The Hall–Kier alpha value is -9.44. The summed E-state index contributed by atoms with van der Waals surface area (Å²) in [5.41, 5.74) is 67.9. The van der Waals surface area contributed by atoms with Gasteiger partial charge in [-0.15, -0.1) is 0 Å². The number of guanidine groups is 4. The van der Waals surface area contributed by atoms with E-state index in [9.17, 15) is 62.6 Å². The number of carbonyl (C=O) groups excluding carboxylic acids is 12. The summed E-state index contributed by atoms with van der Waals surface area (Å²) in [6.45, 7) is 19.9. The first-order chi connectivity index (χ1) is 51.5. The summed E-state index contributed by atoms with van der Waals surface area (Å²) in [6, 6.07) is -16.1. The van der Waals surface area contributed by atoms with Crippen LogP contribution in [-0.4, -0.2) is 218 Å². The number of hydrogen-bond acceptors (Lipinski definition) is 20. The Morgan fingerprint density at radius 1 is 0.273 bits per heavy atom. The fourth-order valence-corrected chi connectivity index (χ4v) is 11.4. The molecule has 40 nitrogen and oxygen atoms in total. The Balaban J connectivity index is 7.46. The number of nitrogens with one attached hydrogen (secondary N) is 11. The van der Waals surface area contributed by atoms with Gasteiger partial charge in [0.25, 0.3) is 0 Å². The molecule has 0 heterocycles. The number of amides is 12. The smallest absolute Gasteiger partial charge is 0.245 e. The number of nitrogens with zero attached hydrogens (tertiary/aromatic N) is 4. The first-order valence-electron chi connectivity index (χ1n) is 38.2. The number of nitrogens with two attached hydrogens (primary N) is 12. The first-order valence-corrected chi connectivity index (χ1v) is 38.2. The second-order valence-corrected chi connectivity index (χ2v) is 29.9. The van der Waals surface area contributed by atoms with E-state index in [1.54, 1.807) is 41.5 Å². The third kappa shape index (κ3) is 44.9. The number of hydrogen-bond donors (Lipinski definition) is 24. The summed E-state index contributed by atoms with van der Waals surface area (Å²) < 4.78 is 0. The summed E-state index contributed by atoms with van der Waals surface area (Å²) >= 11 is 0. The van der Waals surface area contributed by atoms with Crippen molar-refractivity contribution in [2.45, 2.75) is 277 Å². The molecule has 0 fully saturated rings. The van der Waals surface area contributed by atoms with Crippen LogP contribution in [0.15, 0.2) is 20.0 Å². The van der Waals surface area contributed by atoms with E-state index in [1.165, 1.54) is 6.92 Å². The molecule has 630 valence electrons. The molecular formula is C70H137N27O13. The molecule has 12 amide bonds. The van der Waals surface area contributed by atoms with Crippen LogP contribution in [0.2, 0.25) is 0 Å². The quantitative estimate of drug-likeness (QED) is 0.0153. The minimum Gasteiger partial charge on any atom is -0.391 e. The van der Waals surface area contributed by atoms with Crippen LogP contribution < -0.4 is 127 Å². The molecule has 13 atom stereocenters. The maximum absolute atomic E-state index is 14.7.